The van der Waals surface area contributed by atoms with Gasteiger partial charge in [0.25, 0.3) is 17.7 Å². The van der Waals surface area contributed by atoms with E-state index in [0.717, 1.165) is 10.9 Å². The summed E-state index contributed by atoms with van der Waals surface area (Å²) in [5.41, 5.74) is 6.56. The van der Waals surface area contributed by atoms with Crippen molar-refractivity contribution in [3.05, 3.63) is 70.9 Å². The van der Waals surface area contributed by atoms with Crippen LogP contribution in [-0.2, 0) is 4.79 Å². The lowest BCUT2D eigenvalue weighted by molar-refractivity contribution is -0.123. The number of amides is 3. The van der Waals surface area contributed by atoms with Crippen LogP contribution in [0.5, 0.6) is 0 Å². The Balaban J connectivity index is 1.24. The van der Waals surface area contributed by atoms with Gasteiger partial charge >= 0.3 is 0 Å². The maximum absolute atomic E-state index is 12.8. The average Bonchev–Trinajstić information content (AvgIpc) is 3.22. The Kier molecular flexibility index (Phi) is 6.20. The van der Waals surface area contributed by atoms with Crippen LogP contribution >= 0.6 is 11.6 Å². The van der Waals surface area contributed by atoms with Crippen LogP contribution in [-0.4, -0.2) is 65.2 Å². The third-order valence-electron chi connectivity index (χ3n) is 5.22. The van der Waals surface area contributed by atoms with Crippen LogP contribution in [0.3, 0.4) is 0 Å². The van der Waals surface area contributed by atoms with Gasteiger partial charge < -0.3 is 9.88 Å². The summed E-state index contributed by atoms with van der Waals surface area (Å²) in [7, 11) is 0. The number of fused-ring (bicyclic) bond motifs is 1. The first-order valence-electron chi connectivity index (χ1n) is 9.94. The number of piperazine rings is 1. The molecule has 0 aliphatic carbocycles. The number of hydrogen-bond donors (Lipinski definition) is 3. The number of carbonyl (C=O) groups is 3. The van der Waals surface area contributed by atoms with Gasteiger partial charge in [-0.05, 0) is 24.3 Å². The fraction of sp³-hybridized carbons (Fsp3) is 0.227. The van der Waals surface area contributed by atoms with E-state index in [1.807, 2.05) is 35.2 Å². The summed E-state index contributed by atoms with van der Waals surface area (Å²) < 4.78 is 0. The standard InChI is InChI=1S/C22H22ClN5O3/c23-17-7-3-2-6-16(17)21(30)26-25-20(29)14-27-9-11-28(12-10-27)22(31)19-13-15-5-1-4-8-18(15)24-19/h1-8,13,24H,9-12,14H2,(H,25,29)(H,26,30). The van der Waals surface area contributed by atoms with Gasteiger partial charge in [-0.3, -0.25) is 30.1 Å². The summed E-state index contributed by atoms with van der Waals surface area (Å²) in [5.74, 6) is -0.865. The topological polar surface area (TPSA) is 97.5 Å². The highest BCUT2D eigenvalue weighted by Gasteiger charge is 2.24. The molecule has 0 unspecified atom stereocenters. The predicted octanol–water partition coefficient (Wildman–Crippen LogP) is 2.04. The summed E-state index contributed by atoms with van der Waals surface area (Å²) in [5, 5.41) is 1.31. The van der Waals surface area contributed by atoms with Crippen molar-refractivity contribution in [3.63, 3.8) is 0 Å². The van der Waals surface area contributed by atoms with Gasteiger partial charge in [0.2, 0.25) is 0 Å². The summed E-state index contributed by atoms with van der Waals surface area (Å²) in [6, 6.07) is 16.2. The van der Waals surface area contributed by atoms with Gasteiger partial charge in [0.1, 0.15) is 5.69 Å². The molecule has 1 aliphatic rings. The van der Waals surface area contributed by atoms with E-state index in [2.05, 4.69) is 15.8 Å². The fourth-order valence-corrected chi connectivity index (χ4v) is 3.77. The quantitative estimate of drug-likeness (QED) is 0.542. The summed E-state index contributed by atoms with van der Waals surface area (Å²) in [4.78, 5) is 43.9. The van der Waals surface area contributed by atoms with Gasteiger partial charge in [0, 0.05) is 37.1 Å². The molecule has 1 aliphatic heterocycles. The minimum Gasteiger partial charge on any atom is -0.351 e. The first-order chi connectivity index (χ1) is 15.0. The van der Waals surface area contributed by atoms with E-state index in [1.54, 1.807) is 29.2 Å². The average molecular weight is 440 g/mol. The molecule has 0 saturated carbocycles. The third kappa shape index (κ3) is 4.87. The maximum Gasteiger partial charge on any atom is 0.271 e. The molecule has 9 heteroatoms. The molecule has 4 rings (SSSR count). The number of H-pyrrole nitrogens is 1. The van der Waals surface area contributed by atoms with E-state index in [-0.39, 0.29) is 23.9 Å². The van der Waals surface area contributed by atoms with Crippen LogP contribution in [0.2, 0.25) is 5.02 Å². The van der Waals surface area contributed by atoms with Crippen molar-refractivity contribution in [2.45, 2.75) is 0 Å². The Morgan fingerprint density at radius 1 is 0.935 bits per heavy atom. The van der Waals surface area contributed by atoms with Crippen molar-refractivity contribution in [1.29, 1.82) is 0 Å². The number of nitrogens with zero attached hydrogens (tertiary/aromatic N) is 2. The number of rotatable bonds is 4. The Labute approximate surface area is 184 Å². The zero-order chi connectivity index (χ0) is 21.8. The van der Waals surface area contributed by atoms with Crippen molar-refractivity contribution < 1.29 is 14.4 Å². The highest BCUT2D eigenvalue weighted by molar-refractivity contribution is 6.33. The second kappa shape index (κ2) is 9.20. The Morgan fingerprint density at radius 3 is 2.39 bits per heavy atom. The van der Waals surface area contributed by atoms with E-state index in [0.29, 0.717) is 36.9 Å². The Morgan fingerprint density at radius 2 is 1.65 bits per heavy atom. The maximum atomic E-state index is 12.8. The molecule has 2 aromatic carbocycles. The van der Waals surface area contributed by atoms with Crippen LogP contribution in [0, 0.1) is 0 Å². The molecule has 2 heterocycles. The van der Waals surface area contributed by atoms with Crippen molar-refractivity contribution in [1.82, 2.24) is 25.6 Å². The molecule has 1 aromatic heterocycles. The highest BCUT2D eigenvalue weighted by atomic mass is 35.5. The van der Waals surface area contributed by atoms with E-state index >= 15 is 0 Å². The van der Waals surface area contributed by atoms with Crippen molar-refractivity contribution in [2.75, 3.05) is 32.7 Å². The summed E-state index contributed by atoms with van der Waals surface area (Å²) >= 11 is 5.98. The molecule has 31 heavy (non-hydrogen) atoms. The highest BCUT2D eigenvalue weighted by Crippen LogP contribution is 2.17. The number of aromatic nitrogens is 1. The van der Waals surface area contributed by atoms with E-state index < -0.39 is 5.91 Å². The minimum atomic E-state index is -0.479. The molecule has 160 valence electrons. The van der Waals surface area contributed by atoms with Crippen LogP contribution < -0.4 is 10.9 Å². The molecule has 1 fully saturated rings. The molecule has 3 aromatic rings. The molecule has 3 N–H and O–H groups in total. The molecular weight excluding hydrogens is 418 g/mol. The van der Waals surface area contributed by atoms with Crippen LogP contribution in [0.1, 0.15) is 20.8 Å². The minimum absolute atomic E-state index is 0.0488. The molecule has 0 spiro atoms. The lowest BCUT2D eigenvalue weighted by atomic mass is 10.2. The number of nitrogens with one attached hydrogen (secondary N) is 3. The second-order valence-corrected chi connectivity index (χ2v) is 7.73. The van der Waals surface area contributed by atoms with E-state index in [9.17, 15) is 14.4 Å². The van der Waals surface area contributed by atoms with Crippen molar-refractivity contribution >= 4 is 40.2 Å². The lowest BCUT2D eigenvalue weighted by Crippen LogP contribution is -2.53. The van der Waals surface area contributed by atoms with Gasteiger partial charge in [-0.1, -0.05) is 41.9 Å². The first-order valence-corrected chi connectivity index (χ1v) is 10.3. The number of aromatic amines is 1. The molecule has 0 radical (unpaired) electrons. The number of hydrazine groups is 1. The number of para-hydroxylation sites is 1. The van der Waals surface area contributed by atoms with E-state index in [4.69, 9.17) is 11.6 Å². The van der Waals surface area contributed by atoms with Crippen molar-refractivity contribution in [3.8, 4) is 0 Å². The molecule has 0 atom stereocenters. The van der Waals surface area contributed by atoms with Crippen LogP contribution in [0.25, 0.3) is 10.9 Å². The summed E-state index contributed by atoms with van der Waals surface area (Å²) in [6.45, 7) is 2.30. The normalized spacial score (nSPS) is 14.4. The number of carbonyl (C=O) groups excluding carboxylic acids is 3. The Bertz CT molecular complexity index is 1090. The van der Waals surface area contributed by atoms with Crippen molar-refractivity contribution in [2.24, 2.45) is 0 Å². The second-order valence-electron chi connectivity index (χ2n) is 7.32. The van der Waals surface area contributed by atoms with Gasteiger partial charge in [-0.15, -0.1) is 0 Å². The van der Waals surface area contributed by atoms with Crippen LogP contribution in [0.15, 0.2) is 54.6 Å². The van der Waals surface area contributed by atoms with Gasteiger partial charge in [0.05, 0.1) is 17.1 Å². The molecular formula is C22H22ClN5O3. The van der Waals surface area contributed by atoms with Gasteiger partial charge in [-0.2, -0.15) is 0 Å². The van der Waals surface area contributed by atoms with Gasteiger partial charge in [0.15, 0.2) is 0 Å². The molecule has 1 saturated heterocycles. The number of halogens is 1. The zero-order valence-electron chi connectivity index (χ0n) is 16.7. The molecule has 0 bridgehead atoms. The Hall–Kier alpha value is -3.36. The molecule has 8 nitrogen and oxygen atoms in total. The molecule has 3 amide bonds. The fourth-order valence-electron chi connectivity index (χ4n) is 3.55. The number of hydrogen-bond acceptors (Lipinski definition) is 4. The van der Waals surface area contributed by atoms with Gasteiger partial charge in [-0.25, -0.2) is 0 Å². The van der Waals surface area contributed by atoms with E-state index in [1.165, 1.54) is 0 Å². The van der Waals surface area contributed by atoms with Crippen LogP contribution in [0.4, 0.5) is 0 Å². The SMILES string of the molecule is O=C(CN1CCN(C(=O)c2cc3ccccc3[nH]2)CC1)NNC(=O)c1ccccc1Cl. The first kappa shape index (κ1) is 20.9. The lowest BCUT2D eigenvalue weighted by Gasteiger charge is -2.34. The zero-order valence-corrected chi connectivity index (χ0v) is 17.5. The third-order valence-corrected chi connectivity index (χ3v) is 5.55. The smallest absolute Gasteiger partial charge is 0.271 e. The summed E-state index contributed by atoms with van der Waals surface area (Å²) in [6.07, 6.45) is 0. The number of benzene rings is 2. The predicted molar refractivity (Wildman–Crippen MR) is 118 cm³/mol. The largest absolute Gasteiger partial charge is 0.351 e. The monoisotopic (exact) mass is 439 g/mol.